The van der Waals surface area contributed by atoms with Gasteiger partial charge in [-0.05, 0) is 30.0 Å². The molecule has 19 heavy (non-hydrogen) atoms. The zero-order valence-electron chi connectivity index (χ0n) is 11.6. The van der Waals surface area contributed by atoms with Gasteiger partial charge in [0, 0.05) is 5.69 Å². The SMILES string of the molecule is CC(O)=C(C#N)C(=O)Nc1ccc(C(C)(C)C)cc1. The Morgan fingerprint density at radius 1 is 1.26 bits per heavy atom. The minimum atomic E-state index is -0.606. The van der Waals surface area contributed by atoms with Crippen molar-refractivity contribution < 1.29 is 9.90 Å². The van der Waals surface area contributed by atoms with Crippen molar-refractivity contribution in [2.24, 2.45) is 0 Å². The van der Waals surface area contributed by atoms with Gasteiger partial charge in [0.2, 0.25) is 0 Å². The molecule has 1 rings (SSSR count). The Balaban J connectivity index is 2.89. The summed E-state index contributed by atoms with van der Waals surface area (Å²) in [6, 6.07) is 9.09. The second kappa shape index (κ2) is 5.57. The zero-order valence-corrected chi connectivity index (χ0v) is 11.6. The first kappa shape index (κ1) is 14.8. The fourth-order valence-corrected chi connectivity index (χ4v) is 1.54. The van der Waals surface area contributed by atoms with E-state index in [1.807, 2.05) is 12.1 Å². The van der Waals surface area contributed by atoms with E-state index in [4.69, 9.17) is 5.26 Å². The molecule has 2 N–H and O–H groups in total. The molecule has 0 aromatic heterocycles. The number of aliphatic hydroxyl groups excluding tert-OH is 1. The minimum Gasteiger partial charge on any atom is -0.511 e. The van der Waals surface area contributed by atoms with E-state index in [0.717, 1.165) is 5.56 Å². The van der Waals surface area contributed by atoms with E-state index < -0.39 is 5.91 Å². The van der Waals surface area contributed by atoms with Crippen molar-refractivity contribution in [3.05, 3.63) is 41.2 Å². The van der Waals surface area contributed by atoms with Gasteiger partial charge < -0.3 is 10.4 Å². The van der Waals surface area contributed by atoms with Crippen molar-refractivity contribution in [1.82, 2.24) is 0 Å². The van der Waals surface area contributed by atoms with E-state index in [9.17, 15) is 9.90 Å². The predicted molar refractivity (Wildman–Crippen MR) is 74.7 cm³/mol. The van der Waals surface area contributed by atoms with E-state index in [1.54, 1.807) is 18.2 Å². The van der Waals surface area contributed by atoms with Gasteiger partial charge in [0.25, 0.3) is 5.91 Å². The lowest BCUT2D eigenvalue weighted by atomic mass is 9.87. The summed E-state index contributed by atoms with van der Waals surface area (Å²) >= 11 is 0. The summed E-state index contributed by atoms with van der Waals surface area (Å²) < 4.78 is 0. The molecular weight excluding hydrogens is 240 g/mol. The highest BCUT2D eigenvalue weighted by Crippen LogP contribution is 2.23. The number of rotatable bonds is 2. The van der Waals surface area contributed by atoms with Gasteiger partial charge in [0.05, 0.1) is 0 Å². The summed E-state index contributed by atoms with van der Waals surface area (Å²) in [4.78, 5) is 11.7. The predicted octanol–water partition coefficient (Wildman–Crippen LogP) is 3.28. The lowest BCUT2D eigenvalue weighted by Gasteiger charge is -2.19. The Morgan fingerprint density at radius 2 is 1.79 bits per heavy atom. The van der Waals surface area contributed by atoms with Gasteiger partial charge in [0.1, 0.15) is 11.8 Å². The van der Waals surface area contributed by atoms with E-state index >= 15 is 0 Å². The second-order valence-corrected chi connectivity index (χ2v) is 5.35. The summed E-state index contributed by atoms with van der Waals surface area (Å²) in [6.07, 6.45) is 0. The van der Waals surface area contributed by atoms with Crippen molar-refractivity contribution in [1.29, 1.82) is 5.26 Å². The number of carbonyl (C=O) groups is 1. The van der Waals surface area contributed by atoms with Crippen LogP contribution in [0.15, 0.2) is 35.6 Å². The van der Waals surface area contributed by atoms with Gasteiger partial charge in [-0.15, -0.1) is 0 Å². The molecule has 0 heterocycles. The maximum absolute atomic E-state index is 11.7. The van der Waals surface area contributed by atoms with Crippen LogP contribution in [0.3, 0.4) is 0 Å². The second-order valence-electron chi connectivity index (χ2n) is 5.35. The highest BCUT2D eigenvalue weighted by atomic mass is 16.3. The van der Waals surface area contributed by atoms with Crippen LogP contribution in [0.25, 0.3) is 0 Å². The van der Waals surface area contributed by atoms with Crippen LogP contribution in [0.1, 0.15) is 33.3 Å². The number of carbonyl (C=O) groups excluding carboxylic acids is 1. The number of anilines is 1. The van der Waals surface area contributed by atoms with E-state index in [-0.39, 0.29) is 16.7 Å². The summed E-state index contributed by atoms with van der Waals surface area (Å²) in [7, 11) is 0. The third-order valence-corrected chi connectivity index (χ3v) is 2.71. The summed E-state index contributed by atoms with van der Waals surface area (Å²) in [5.41, 5.74) is 1.51. The Bertz CT molecular complexity index is 539. The summed E-state index contributed by atoms with van der Waals surface area (Å²) in [5.74, 6) is -0.891. The summed E-state index contributed by atoms with van der Waals surface area (Å²) in [6.45, 7) is 7.62. The molecule has 4 heteroatoms. The van der Waals surface area contributed by atoms with Gasteiger partial charge in [-0.25, -0.2) is 0 Å². The number of hydrogen-bond acceptors (Lipinski definition) is 3. The molecule has 0 bridgehead atoms. The number of hydrogen-bond donors (Lipinski definition) is 2. The van der Waals surface area contributed by atoms with Crippen molar-refractivity contribution in [2.75, 3.05) is 5.32 Å². The molecule has 0 aliphatic carbocycles. The van der Waals surface area contributed by atoms with E-state index in [1.165, 1.54) is 6.92 Å². The number of allylic oxidation sites excluding steroid dienone is 1. The highest BCUT2D eigenvalue weighted by molar-refractivity contribution is 6.06. The molecule has 1 aromatic rings. The molecule has 4 nitrogen and oxygen atoms in total. The number of nitriles is 1. The molecule has 0 saturated heterocycles. The van der Waals surface area contributed by atoms with Gasteiger partial charge in [-0.3, -0.25) is 4.79 Å². The lowest BCUT2D eigenvalue weighted by molar-refractivity contribution is -0.112. The first-order chi connectivity index (χ1) is 8.75. The normalized spacial score (nSPS) is 12.4. The topological polar surface area (TPSA) is 73.1 Å². The molecule has 1 amide bonds. The zero-order chi connectivity index (χ0) is 14.6. The van der Waals surface area contributed by atoms with Gasteiger partial charge >= 0.3 is 0 Å². The Labute approximate surface area is 113 Å². The van der Waals surface area contributed by atoms with Crippen molar-refractivity contribution >= 4 is 11.6 Å². The highest BCUT2D eigenvalue weighted by Gasteiger charge is 2.15. The van der Waals surface area contributed by atoms with Crippen LogP contribution in [0.2, 0.25) is 0 Å². The Hall–Kier alpha value is -2.28. The van der Waals surface area contributed by atoms with Crippen molar-refractivity contribution in [3.8, 4) is 6.07 Å². The fourth-order valence-electron chi connectivity index (χ4n) is 1.54. The maximum atomic E-state index is 11.7. The van der Waals surface area contributed by atoms with E-state index in [0.29, 0.717) is 5.69 Å². The first-order valence-electron chi connectivity index (χ1n) is 5.97. The molecule has 0 fully saturated rings. The molecule has 0 aliphatic rings. The molecule has 0 atom stereocenters. The molecule has 0 saturated carbocycles. The lowest BCUT2D eigenvalue weighted by Crippen LogP contribution is -2.15. The number of aliphatic hydroxyl groups is 1. The molecular formula is C15H18N2O2. The smallest absolute Gasteiger partial charge is 0.269 e. The number of benzene rings is 1. The van der Waals surface area contributed by atoms with Gasteiger partial charge in [-0.2, -0.15) is 5.26 Å². The third kappa shape index (κ3) is 3.85. The van der Waals surface area contributed by atoms with Gasteiger partial charge in [0.15, 0.2) is 5.57 Å². The van der Waals surface area contributed by atoms with Crippen LogP contribution in [-0.2, 0) is 10.2 Å². The average molecular weight is 258 g/mol. The quantitative estimate of drug-likeness (QED) is 0.485. The molecule has 0 radical (unpaired) electrons. The number of nitrogens with zero attached hydrogens (tertiary/aromatic N) is 1. The van der Waals surface area contributed by atoms with Crippen LogP contribution in [-0.4, -0.2) is 11.0 Å². The van der Waals surface area contributed by atoms with Crippen molar-refractivity contribution in [2.45, 2.75) is 33.1 Å². The summed E-state index contributed by atoms with van der Waals surface area (Å²) in [5, 5.41) is 20.5. The first-order valence-corrected chi connectivity index (χ1v) is 5.97. The largest absolute Gasteiger partial charge is 0.511 e. The van der Waals surface area contributed by atoms with Gasteiger partial charge in [-0.1, -0.05) is 32.9 Å². The fraction of sp³-hybridized carbons (Fsp3) is 0.333. The van der Waals surface area contributed by atoms with Crippen LogP contribution in [0.5, 0.6) is 0 Å². The maximum Gasteiger partial charge on any atom is 0.269 e. The van der Waals surface area contributed by atoms with Crippen LogP contribution in [0, 0.1) is 11.3 Å². The third-order valence-electron chi connectivity index (χ3n) is 2.71. The van der Waals surface area contributed by atoms with Crippen LogP contribution in [0.4, 0.5) is 5.69 Å². The number of nitrogens with one attached hydrogen (secondary N) is 1. The molecule has 0 unspecified atom stereocenters. The molecule has 0 spiro atoms. The number of amides is 1. The molecule has 0 aliphatic heterocycles. The van der Waals surface area contributed by atoms with Crippen LogP contribution < -0.4 is 5.32 Å². The van der Waals surface area contributed by atoms with Crippen LogP contribution >= 0.6 is 0 Å². The van der Waals surface area contributed by atoms with Crippen molar-refractivity contribution in [3.63, 3.8) is 0 Å². The Kier molecular flexibility index (Phi) is 4.34. The standard InChI is InChI=1S/C15H18N2O2/c1-10(18)13(9-16)14(19)17-12-7-5-11(6-8-12)15(2,3)4/h5-8,18H,1-4H3,(H,17,19). The minimum absolute atomic E-state index is 0.0436. The monoisotopic (exact) mass is 258 g/mol. The molecule has 100 valence electrons. The average Bonchev–Trinajstić information content (AvgIpc) is 2.28. The Morgan fingerprint density at radius 3 is 2.16 bits per heavy atom. The molecule has 1 aromatic carbocycles. The van der Waals surface area contributed by atoms with E-state index in [2.05, 4.69) is 26.1 Å².